The summed E-state index contributed by atoms with van der Waals surface area (Å²) in [5.74, 6) is 0. The van der Waals surface area contributed by atoms with Crippen molar-refractivity contribution in [3.63, 3.8) is 0 Å². The van der Waals surface area contributed by atoms with Crippen molar-refractivity contribution in [1.29, 1.82) is 0 Å². The molecule has 0 aromatic carbocycles. The summed E-state index contributed by atoms with van der Waals surface area (Å²) in [7, 11) is -0.459. The molecular weight excluding hydrogens is 371 g/mol. The average molecular weight is 410 g/mol. The smallest absolute Gasteiger partial charge is 0.330 e. The zero-order valence-corrected chi connectivity index (χ0v) is 18.4. The van der Waals surface area contributed by atoms with Gasteiger partial charge in [0.1, 0.15) is 0 Å². The summed E-state index contributed by atoms with van der Waals surface area (Å²) < 4.78 is 44.4. The summed E-state index contributed by atoms with van der Waals surface area (Å²) in [4.78, 5) is 0. The molecule has 0 radical (unpaired) electrons. The first-order valence-corrected chi connectivity index (χ1v) is 10.9. The molecule has 0 fully saturated rings. The molecule has 0 saturated carbocycles. The summed E-state index contributed by atoms with van der Waals surface area (Å²) in [5, 5.41) is 0. The minimum Gasteiger partial charge on any atom is -0.379 e. The van der Waals surface area contributed by atoms with E-state index in [9.17, 15) is 4.57 Å². The summed E-state index contributed by atoms with van der Waals surface area (Å²) in [6, 6.07) is 0. The van der Waals surface area contributed by atoms with Gasteiger partial charge in [-0.05, 0) is 26.2 Å². The van der Waals surface area contributed by atoms with Crippen LogP contribution in [-0.4, -0.2) is 58.3 Å². The highest BCUT2D eigenvalue weighted by atomic mass is 31.1. The Morgan fingerprint density at radius 1 is 0.704 bits per heavy atom. The third kappa shape index (κ3) is 17.7. The first-order chi connectivity index (χ1) is 13.2. The van der Waals surface area contributed by atoms with Gasteiger partial charge in [0.2, 0.25) is 0 Å². The van der Waals surface area contributed by atoms with Crippen molar-refractivity contribution in [2.75, 3.05) is 39.6 Å². The maximum atomic E-state index is 10.9. The van der Waals surface area contributed by atoms with Crippen LogP contribution in [0.1, 0.15) is 66.2 Å². The van der Waals surface area contributed by atoms with Crippen LogP contribution in [0.5, 0.6) is 0 Å². The average Bonchev–Trinajstić information content (AvgIpc) is 2.66. The van der Waals surface area contributed by atoms with E-state index in [0.717, 1.165) is 45.1 Å². The largest absolute Gasteiger partial charge is 0.379 e. The standard InChI is InChI=1S/C19H39O7P/c1-5-8-11-21-14-17(4)24-18(15-22-12-9-6-2)25-19(26-27-20)16-23-13-10-7-3/h17-19H,5-16H2,1-4H3. The number of rotatable bonds is 21. The molecule has 0 heterocycles. The van der Waals surface area contributed by atoms with Crippen LogP contribution in [0, 0.1) is 0 Å². The number of hydrogen-bond donors (Lipinski definition) is 0. The lowest BCUT2D eigenvalue weighted by molar-refractivity contribution is -0.261. The molecule has 0 rings (SSSR count). The van der Waals surface area contributed by atoms with Gasteiger partial charge in [-0.15, -0.1) is 0 Å². The second kappa shape index (κ2) is 20.6. The Kier molecular flexibility index (Phi) is 20.5. The molecule has 3 unspecified atom stereocenters. The van der Waals surface area contributed by atoms with Crippen LogP contribution in [0.15, 0.2) is 0 Å². The molecule has 0 aliphatic rings. The molecule has 27 heavy (non-hydrogen) atoms. The fraction of sp³-hybridized carbons (Fsp3) is 1.00. The third-order valence-electron chi connectivity index (χ3n) is 3.64. The monoisotopic (exact) mass is 410 g/mol. The Labute approximate surface area is 166 Å². The second-order valence-electron chi connectivity index (χ2n) is 6.41. The first-order valence-electron chi connectivity index (χ1n) is 10.2. The van der Waals surface area contributed by atoms with Crippen LogP contribution >= 0.6 is 8.69 Å². The Bertz CT molecular complexity index is 320. The zero-order valence-electron chi connectivity index (χ0n) is 17.5. The van der Waals surface area contributed by atoms with Gasteiger partial charge in [0, 0.05) is 19.8 Å². The summed E-state index contributed by atoms with van der Waals surface area (Å²) in [6.07, 6.45) is 4.56. The summed E-state index contributed by atoms with van der Waals surface area (Å²) in [5.41, 5.74) is 0. The van der Waals surface area contributed by atoms with Gasteiger partial charge in [0.05, 0.1) is 25.9 Å². The molecule has 0 spiro atoms. The van der Waals surface area contributed by atoms with Crippen LogP contribution in [0.3, 0.4) is 0 Å². The minimum atomic E-state index is -0.783. The molecule has 162 valence electrons. The van der Waals surface area contributed by atoms with Gasteiger partial charge < -0.3 is 23.7 Å². The van der Waals surface area contributed by atoms with Crippen LogP contribution in [0.4, 0.5) is 0 Å². The molecule has 0 bridgehead atoms. The molecule has 0 N–H and O–H groups in total. The first kappa shape index (κ1) is 26.9. The van der Waals surface area contributed by atoms with Gasteiger partial charge in [-0.2, -0.15) is 0 Å². The van der Waals surface area contributed by atoms with Gasteiger partial charge in [0.25, 0.3) is 0 Å². The lowest BCUT2D eigenvalue weighted by Gasteiger charge is -2.26. The van der Waals surface area contributed by atoms with E-state index in [1.165, 1.54) is 0 Å². The lowest BCUT2D eigenvalue weighted by Crippen LogP contribution is -2.35. The van der Waals surface area contributed by atoms with Gasteiger partial charge in [-0.25, -0.2) is 4.57 Å². The maximum Gasteiger partial charge on any atom is 0.330 e. The Hall–Kier alpha value is -0.140. The molecule has 0 aliphatic heterocycles. The quantitative estimate of drug-likeness (QED) is 0.154. The number of unbranched alkanes of at least 4 members (excludes halogenated alkanes) is 3. The van der Waals surface area contributed by atoms with Crippen LogP contribution < -0.4 is 0 Å². The van der Waals surface area contributed by atoms with Crippen LogP contribution in [-0.2, 0) is 32.8 Å². The highest BCUT2D eigenvalue weighted by molar-refractivity contribution is 7.17. The van der Waals surface area contributed by atoms with Gasteiger partial charge in [-0.3, -0.25) is 4.52 Å². The van der Waals surface area contributed by atoms with Crippen molar-refractivity contribution in [3.8, 4) is 0 Å². The molecular formula is C19H39O7P. The van der Waals surface area contributed by atoms with Gasteiger partial charge >= 0.3 is 8.69 Å². The van der Waals surface area contributed by atoms with Crippen molar-refractivity contribution >= 4 is 8.69 Å². The van der Waals surface area contributed by atoms with E-state index < -0.39 is 21.3 Å². The SMILES string of the molecule is CCCCOCC(C)OC(COCCCC)OC(COCCCC)OP=O. The highest BCUT2D eigenvalue weighted by Crippen LogP contribution is 2.12. The third-order valence-corrected chi connectivity index (χ3v) is 3.96. The van der Waals surface area contributed by atoms with E-state index in [4.69, 9.17) is 28.2 Å². The molecule has 0 amide bonds. The fourth-order valence-electron chi connectivity index (χ4n) is 2.07. The molecule has 0 aliphatic carbocycles. The normalized spacial score (nSPS) is 15.1. The van der Waals surface area contributed by atoms with Crippen molar-refractivity contribution < 1.29 is 32.8 Å². The van der Waals surface area contributed by atoms with Crippen molar-refractivity contribution in [1.82, 2.24) is 0 Å². The van der Waals surface area contributed by atoms with E-state index in [1.807, 2.05) is 6.92 Å². The molecule has 8 heteroatoms. The van der Waals surface area contributed by atoms with E-state index in [2.05, 4.69) is 20.8 Å². The topological polar surface area (TPSA) is 72.5 Å². The van der Waals surface area contributed by atoms with E-state index >= 15 is 0 Å². The summed E-state index contributed by atoms with van der Waals surface area (Å²) >= 11 is 0. The van der Waals surface area contributed by atoms with Crippen molar-refractivity contribution in [2.45, 2.75) is 84.9 Å². The number of ether oxygens (including phenoxy) is 5. The van der Waals surface area contributed by atoms with Crippen molar-refractivity contribution in [3.05, 3.63) is 0 Å². The van der Waals surface area contributed by atoms with E-state index in [1.54, 1.807) is 0 Å². The second-order valence-corrected chi connectivity index (χ2v) is 6.77. The van der Waals surface area contributed by atoms with Gasteiger partial charge in [-0.1, -0.05) is 40.0 Å². The predicted molar refractivity (Wildman–Crippen MR) is 105 cm³/mol. The molecule has 7 nitrogen and oxygen atoms in total. The van der Waals surface area contributed by atoms with Crippen molar-refractivity contribution in [2.24, 2.45) is 0 Å². The van der Waals surface area contributed by atoms with Gasteiger partial charge in [0.15, 0.2) is 12.6 Å². The predicted octanol–water partition coefficient (Wildman–Crippen LogP) is 4.73. The minimum absolute atomic E-state index is 0.159. The Balaban J connectivity index is 4.46. The molecule has 0 aromatic rings. The molecule has 0 saturated heterocycles. The van der Waals surface area contributed by atoms with E-state index in [0.29, 0.717) is 19.8 Å². The molecule has 3 atom stereocenters. The van der Waals surface area contributed by atoms with Crippen LogP contribution in [0.25, 0.3) is 0 Å². The summed E-state index contributed by atoms with van der Waals surface area (Å²) in [6.45, 7) is 11.1. The Morgan fingerprint density at radius 2 is 1.19 bits per heavy atom. The molecule has 0 aromatic heterocycles. The number of hydrogen-bond acceptors (Lipinski definition) is 7. The fourth-order valence-corrected chi connectivity index (χ4v) is 2.28. The van der Waals surface area contributed by atoms with E-state index in [-0.39, 0.29) is 19.3 Å². The van der Waals surface area contributed by atoms with Crippen LogP contribution in [0.2, 0.25) is 0 Å². The highest BCUT2D eigenvalue weighted by Gasteiger charge is 2.21. The lowest BCUT2D eigenvalue weighted by atomic mass is 10.3. The Morgan fingerprint density at radius 3 is 1.67 bits per heavy atom. The zero-order chi connectivity index (χ0) is 20.2. The maximum absolute atomic E-state index is 10.9.